The van der Waals surface area contributed by atoms with Crippen LogP contribution in [0.4, 0.5) is 5.13 Å². The van der Waals surface area contributed by atoms with Crippen LogP contribution in [-0.4, -0.2) is 38.6 Å². The fourth-order valence-electron chi connectivity index (χ4n) is 1.81. The Morgan fingerprint density at radius 2 is 2.14 bits per heavy atom. The molecule has 0 aromatic carbocycles. The highest BCUT2D eigenvalue weighted by atomic mass is 32.2. The Kier molecular flexibility index (Phi) is 4.16. The Bertz CT molecular complexity index is 570. The van der Waals surface area contributed by atoms with Crippen LogP contribution < -0.4 is 16.4 Å². The van der Waals surface area contributed by atoms with Gasteiger partial charge in [0, 0.05) is 5.75 Å². The lowest BCUT2D eigenvalue weighted by molar-refractivity contribution is -0.130. The third kappa shape index (κ3) is 3.46. The topological polar surface area (TPSA) is 110 Å². The van der Waals surface area contributed by atoms with Gasteiger partial charge >= 0.3 is 0 Å². The van der Waals surface area contributed by atoms with Gasteiger partial charge < -0.3 is 16.4 Å². The smallest absolute Gasteiger partial charge is 0.244 e. The summed E-state index contributed by atoms with van der Waals surface area (Å²) in [7, 11) is 0. The van der Waals surface area contributed by atoms with Crippen LogP contribution in [0.15, 0.2) is 0 Å². The Morgan fingerprint density at radius 3 is 2.67 bits per heavy atom. The van der Waals surface area contributed by atoms with Gasteiger partial charge in [-0.1, -0.05) is 11.3 Å². The molecule has 0 bridgehead atoms. The lowest BCUT2D eigenvalue weighted by Gasteiger charge is -2.34. The molecule has 7 nitrogen and oxygen atoms in total. The number of nitrogen functional groups attached to an aromatic ring is 1. The number of hydrogen-bond acceptors (Lipinski definition) is 7. The molecule has 1 aliphatic rings. The Labute approximate surface area is 131 Å². The molecule has 116 valence electrons. The van der Waals surface area contributed by atoms with E-state index in [1.54, 1.807) is 0 Å². The van der Waals surface area contributed by atoms with E-state index in [2.05, 4.69) is 20.8 Å². The zero-order valence-corrected chi connectivity index (χ0v) is 14.0. The summed E-state index contributed by atoms with van der Waals surface area (Å²) in [4.78, 5) is 24.3. The molecule has 9 heteroatoms. The van der Waals surface area contributed by atoms with Crippen molar-refractivity contribution in [1.82, 2.24) is 20.8 Å². The number of amides is 2. The number of hydrogen-bond donors (Lipinski definition) is 3. The summed E-state index contributed by atoms with van der Waals surface area (Å²) in [5.41, 5.74) is 4.88. The highest BCUT2D eigenvalue weighted by Crippen LogP contribution is 2.30. The third-order valence-corrected chi connectivity index (χ3v) is 5.67. The van der Waals surface area contributed by atoms with Crippen LogP contribution in [0.25, 0.3) is 0 Å². The van der Waals surface area contributed by atoms with E-state index < -0.39 is 16.3 Å². The first kappa shape index (κ1) is 16.0. The molecule has 1 unspecified atom stereocenters. The maximum Gasteiger partial charge on any atom is 0.244 e. The molecule has 1 aromatic rings. The summed E-state index contributed by atoms with van der Waals surface area (Å²) in [5, 5.41) is 14.3. The van der Waals surface area contributed by atoms with E-state index >= 15 is 0 Å². The van der Waals surface area contributed by atoms with Gasteiger partial charge in [-0.3, -0.25) is 9.59 Å². The van der Waals surface area contributed by atoms with Crippen molar-refractivity contribution in [2.24, 2.45) is 0 Å². The van der Waals surface area contributed by atoms with E-state index in [9.17, 15) is 9.59 Å². The zero-order valence-electron chi connectivity index (χ0n) is 12.4. The van der Waals surface area contributed by atoms with Gasteiger partial charge in [-0.15, -0.1) is 22.0 Å². The summed E-state index contributed by atoms with van der Waals surface area (Å²) in [6.07, 6.45) is 0. The van der Waals surface area contributed by atoms with Crippen molar-refractivity contribution >= 4 is 40.0 Å². The van der Waals surface area contributed by atoms with E-state index in [1.165, 1.54) is 23.1 Å². The monoisotopic (exact) mass is 329 g/mol. The van der Waals surface area contributed by atoms with Crippen molar-refractivity contribution in [3.05, 3.63) is 5.01 Å². The normalized spacial score (nSPS) is 21.7. The van der Waals surface area contributed by atoms with E-state index in [1.807, 2.05) is 27.7 Å². The van der Waals surface area contributed by atoms with Crippen molar-refractivity contribution < 1.29 is 9.59 Å². The Morgan fingerprint density at radius 1 is 1.48 bits per heavy atom. The second-order valence-electron chi connectivity index (χ2n) is 5.91. The Hall–Kier alpha value is -1.35. The molecule has 0 spiro atoms. The number of nitrogens with zero attached hydrogens (tertiary/aromatic N) is 2. The summed E-state index contributed by atoms with van der Waals surface area (Å²) >= 11 is 2.70. The highest BCUT2D eigenvalue weighted by molar-refractivity contribution is 8.01. The van der Waals surface area contributed by atoms with E-state index in [0.717, 1.165) is 0 Å². The largest absolute Gasteiger partial charge is 0.374 e. The van der Waals surface area contributed by atoms with Gasteiger partial charge in [-0.05, 0) is 27.7 Å². The fourth-order valence-corrected chi connectivity index (χ4v) is 3.48. The predicted molar refractivity (Wildman–Crippen MR) is 84.0 cm³/mol. The minimum Gasteiger partial charge on any atom is -0.374 e. The van der Waals surface area contributed by atoms with Gasteiger partial charge in [0.25, 0.3) is 0 Å². The second-order valence-corrected chi connectivity index (χ2v) is 8.56. The number of nitrogens with one attached hydrogen (secondary N) is 2. The van der Waals surface area contributed by atoms with Gasteiger partial charge in [0.05, 0.1) is 10.3 Å². The molecular weight excluding hydrogens is 310 g/mol. The molecule has 0 radical (unpaired) electrons. The molecule has 21 heavy (non-hydrogen) atoms. The highest BCUT2D eigenvalue weighted by Gasteiger charge is 2.39. The number of aromatic nitrogens is 2. The van der Waals surface area contributed by atoms with Crippen molar-refractivity contribution in [2.45, 2.75) is 44.0 Å². The maximum absolute atomic E-state index is 12.3. The molecule has 1 atom stereocenters. The lowest BCUT2D eigenvalue weighted by Crippen LogP contribution is -2.59. The summed E-state index contributed by atoms with van der Waals surface area (Å²) in [6, 6.07) is -0.542. The number of nitrogens with two attached hydrogens (primary N) is 1. The van der Waals surface area contributed by atoms with Crippen LogP contribution in [0.2, 0.25) is 0 Å². The van der Waals surface area contributed by atoms with Crippen molar-refractivity contribution in [3.63, 3.8) is 0 Å². The molecule has 4 N–H and O–H groups in total. The van der Waals surface area contributed by atoms with Gasteiger partial charge in [0.1, 0.15) is 11.0 Å². The standard InChI is InChI=1S/C12H19N5O2S2/c1-11(2,9-16-17-10(13)21-9)15-7(18)6-5-20-12(3,4)8(19)14-6/h6H,5H2,1-4H3,(H2,13,17)(H,14,19)(H,15,18). The minimum atomic E-state index is -0.686. The number of rotatable bonds is 3. The fraction of sp³-hybridized carbons (Fsp3) is 0.667. The van der Waals surface area contributed by atoms with Crippen LogP contribution in [0, 0.1) is 0 Å². The molecule has 0 aliphatic carbocycles. The molecule has 1 saturated heterocycles. The Balaban J connectivity index is 2.03. The average molecular weight is 329 g/mol. The van der Waals surface area contributed by atoms with Crippen LogP contribution in [0.5, 0.6) is 0 Å². The first-order chi connectivity index (χ1) is 9.62. The van der Waals surface area contributed by atoms with Crippen molar-refractivity contribution in [2.75, 3.05) is 11.5 Å². The van der Waals surface area contributed by atoms with Crippen LogP contribution in [-0.2, 0) is 15.1 Å². The number of carbonyl (C=O) groups excluding carboxylic acids is 2. The van der Waals surface area contributed by atoms with E-state index in [4.69, 9.17) is 5.73 Å². The van der Waals surface area contributed by atoms with E-state index in [-0.39, 0.29) is 11.8 Å². The number of anilines is 1. The molecular formula is C12H19N5O2S2. The molecule has 1 aromatic heterocycles. The van der Waals surface area contributed by atoms with Crippen LogP contribution in [0.1, 0.15) is 32.7 Å². The molecule has 2 heterocycles. The maximum atomic E-state index is 12.3. The number of thioether (sulfide) groups is 1. The zero-order chi connectivity index (χ0) is 15.8. The van der Waals surface area contributed by atoms with Gasteiger partial charge in [0.2, 0.25) is 16.9 Å². The SMILES string of the molecule is CC1(C)SCC(C(=O)NC(C)(C)c2nnc(N)s2)NC1=O. The van der Waals surface area contributed by atoms with Crippen LogP contribution >= 0.6 is 23.1 Å². The number of carbonyl (C=O) groups is 2. The molecule has 1 aliphatic heterocycles. The first-order valence-electron chi connectivity index (χ1n) is 6.48. The summed E-state index contributed by atoms with van der Waals surface area (Å²) < 4.78 is -0.500. The van der Waals surface area contributed by atoms with Crippen LogP contribution in [0.3, 0.4) is 0 Å². The van der Waals surface area contributed by atoms with E-state index in [0.29, 0.717) is 15.9 Å². The quantitative estimate of drug-likeness (QED) is 0.744. The lowest BCUT2D eigenvalue weighted by atomic mass is 10.1. The van der Waals surface area contributed by atoms with Gasteiger partial charge in [-0.25, -0.2) is 0 Å². The van der Waals surface area contributed by atoms with Gasteiger partial charge in [-0.2, -0.15) is 0 Å². The molecule has 2 rings (SSSR count). The van der Waals surface area contributed by atoms with Gasteiger partial charge in [0.15, 0.2) is 0 Å². The first-order valence-corrected chi connectivity index (χ1v) is 8.28. The van der Waals surface area contributed by atoms with Crippen molar-refractivity contribution in [3.8, 4) is 0 Å². The second kappa shape index (κ2) is 5.45. The van der Waals surface area contributed by atoms with Crippen molar-refractivity contribution in [1.29, 1.82) is 0 Å². The molecule has 2 amide bonds. The average Bonchev–Trinajstić information content (AvgIpc) is 2.79. The third-order valence-electron chi connectivity index (χ3n) is 3.19. The molecule has 1 fully saturated rings. The summed E-state index contributed by atoms with van der Waals surface area (Å²) in [5.74, 6) is 0.181. The summed E-state index contributed by atoms with van der Waals surface area (Å²) in [6.45, 7) is 7.34. The molecule has 0 saturated carbocycles. The minimum absolute atomic E-state index is 0.128. The predicted octanol–water partition coefficient (Wildman–Crippen LogP) is 0.482.